The first-order valence-electron chi connectivity index (χ1n) is 5.57. The second-order valence-corrected chi connectivity index (χ2v) is 4.46. The molecular weight excluding hydrogens is 237 g/mol. The summed E-state index contributed by atoms with van der Waals surface area (Å²) in [5.41, 5.74) is -0.661. The molecule has 0 unspecified atom stereocenters. The van der Waals surface area contributed by atoms with E-state index in [1.165, 1.54) is 0 Å². The van der Waals surface area contributed by atoms with Crippen LogP contribution in [0.25, 0.3) is 0 Å². The fourth-order valence-corrected chi connectivity index (χ4v) is 1.33. The number of carbonyl (C=O) groups excluding carboxylic acids is 1. The van der Waals surface area contributed by atoms with E-state index in [0.717, 1.165) is 6.20 Å². The van der Waals surface area contributed by atoms with Crippen molar-refractivity contribution < 1.29 is 9.18 Å². The molecule has 0 radical (unpaired) electrons. The Hall–Kier alpha value is -1.92. The van der Waals surface area contributed by atoms with E-state index < -0.39 is 11.2 Å². The van der Waals surface area contributed by atoms with Gasteiger partial charge in [-0.3, -0.25) is 4.79 Å². The highest BCUT2D eigenvalue weighted by Gasteiger charge is 2.26. The smallest absolute Gasteiger partial charge is 0.227 e. The third-order valence-electron chi connectivity index (χ3n) is 2.51. The third kappa shape index (κ3) is 3.28. The monoisotopic (exact) mass is 255 g/mol. The van der Waals surface area contributed by atoms with Crippen molar-refractivity contribution in [1.82, 2.24) is 15.3 Å². The highest BCUT2D eigenvalue weighted by molar-refractivity contribution is 5.82. The molecule has 1 amide bonds. The number of hydrogen-bond donors (Lipinski definition) is 3. The van der Waals surface area contributed by atoms with E-state index in [1.807, 2.05) is 0 Å². The quantitative estimate of drug-likeness (QED) is 0.726. The Balaban J connectivity index is 2.77. The standard InChI is InChI=1S/C11H18FN5O/c1-11(2,9(18)13-3)6-16-8-7(12)5-15-10(14-4)17-8/h5H,6H2,1-4H3,(H,13,18)(H2,14,15,16,17). The van der Waals surface area contributed by atoms with Crippen molar-refractivity contribution in [3.8, 4) is 0 Å². The van der Waals surface area contributed by atoms with Crippen LogP contribution in [-0.4, -0.2) is 36.5 Å². The highest BCUT2D eigenvalue weighted by atomic mass is 19.1. The molecule has 0 spiro atoms. The van der Waals surface area contributed by atoms with Crippen molar-refractivity contribution in [1.29, 1.82) is 0 Å². The Bertz CT molecular complexity index is 435. The largest absolute Gasteiger partial charge is 0.366 e. The molecule has 1 rings (SSSR count). The van der Waals surface area contributed by atoms with Crippen molar-refractivity contribution in [3.05, 3.63) is 12.0 Å². The molecule has 0 atom stereocenters. The number of anilines is 2. The summed E-state index contributed by atoms with van der Waals surface area (Å²) in [4.78, 5) is 19.2. The van der Waals surface area contributed by atoms with Gasteiger partial charge in [-0.1, -0.05) is 0 Å². The summed E-state index contributed by atoms with van der Waals surface area (Å²) in [5.74, 6) is -0.289. The van der Waals surface area contributed by atoms with E-state index in [-0.39, 0.29) is 18.3 Å². The zero-order valence-electron chi connectivity index (χ0n) is 11.0. The predicted octanol–water partition coefficient (Wildman–Crippen LogP) is 0.841. The lowest BCUT2D eigenvalue weighted by Crippen LogP contribution is -2.39. The van der Waals surface area contributed by atoms with E-state index in [0.29, 0.717) is 5.95 Å². The van der Waals surface area contributed by atoms with Crippen LogP contribution in [0.3, 0.4) is 0 Å². The minimum absolute atomic E-state index is 0.0753. The van der Waals surface area contributed by atoms with E-state index in [4.69, 9.17) is 0 Å². The van der Waals surface area contributed by atoms with Crippen LogP contribution in [0.4, 0.5) is 16.2 Å². The van der Waals surface area contributed by atoms with Crippen molar-refractivity contribution >= 4 is 17.7 Å². The minimum atomic E-state index is -0.661. The maximum absolute atomic E-state index is 13.4. The van der Waals surface area contributed by atoms with Crippen LogP contribution in [0.5, 0.6) is 0 Å². The molecule has 0 aliphatic rings. The minimum Gasteiger partial charge on any atom is -0.366 e. The molecule has 6 nitrogen and oxygen atoms in total. The molecule has 3 N–H and O–H groups in total. The maximum atomic E-state index is 13.4. The van der Waals surface area contributed by atoms with E-state index in [9.17, 15) is 9.18 Å². The van der Waals surface area contributed by atoms with E-state index in [1.54, 1.807) is 27.9 Å². The summed E-state index contributed by atoms with van der Waals surface area (Å²) in [7, 11) is 3.21. The average Bonchev–Trinajstić information content (AvgIpc) is 2.36. The van der Waals surface area contributed by atoms with Gasteiger partial charge in [-0.25, -0.2) is 9.37 Å². The van der Waals surface area contributed by atoms with Gasteiger partial charge < -0.3 is 16.0 Å². The summed E-state index contributed by atoms with van der Waals surface area (Å²) in [6.45, 7) is 3.79. The second kappa shape index (κ2) is 5.61. The molecule has 0 saturated heterocycles. The topological polar surface area (TPSA) is 78.9 Å². The van der Waals surface area contributed by atoms with Crippen LogP contribution in [-0.2, 0) is 4.79 Å². The van der Waals surface area contributed by atoms with Crippen LogP contribution in [0, 0.1) is 11.2 Å². The summed E-state index contributed by atoms with van der Waals surface area (Å²) < 4.78 is 13.4. The first-order valence-corrected chi connectivity index (χ1v) is 5.57. The maximum Gasteiger partial charge on any atom is 0.227 e. The van der Waals surface area contributed by atoms with Crippen LogP contribution in [0.2, 0.25) is 0 Å². The van der Waals surface area contributed by atoms with Crippen LogP contribution >= 0.6 is 0 Å². The van der Waals surface area contributed by atoms with Crippen LogP contribution < -0.4 is 16.0 Å². The molecule has 7 heteroatoms. The zero-order valence-corrected chi connectivity index (χ0v) is 11.0. The van der Waals surface area contributed by atoms with Crippen molar-refractivity contribution in [2.45, 2.75) is 13.8 Å². The van der Waals surface area contributed by atoms with Gasteiger partial charge in [-0.05, 0) is 13.8 Å². The highest BCUT2D eigenvalue weighted by Crippen LogP contribution is 2.18. The molecule has 1 heterocycles. The predicted molar refractivity (Wildman–Crippen MR) is 67.9 cm³/mol. The van der Waals surface area contributed by atoms with Crippen molar-refractivity contribution in [2.75, 3.05) is 31.3 Å². The summed E-state index contributed by atoms with van der Waals surface area (Å²) in [6.07, 6.45) is 1.08. The second-order valence-electron chi connectivity index (χ2n) is 4.46. The number of rotatable bonds is 5. The van der Waals surface area contributed by atoms with Gasteiger partial charge in [0.15, 0.2) is 11.6 Å². The number of hydrogen-bond acceptors (Lipinski definition) is 5. The van der Waals surface area contributed by atoms with Gasteiger partial charge in [-0.2, -0.15) is 4.98 Å². The molecule has 0 aliphatic carbocycles. The fourth-order valence-electron chi connectivity index (χ4n) is 1.33. The average molecular weight is 255 g/mol. The Labute approximate surface area is 105 Å². The molecule has 18 heavy (non-hydrogen) atoms. The molecule has 0 saturated carbocycles. The Morgan fingerprint density at radius 3 is 2.67 bits per heavy atom. The number of amides is 1. The number of aromatic nitrogens is 2. The summed E-state index contributed by atoms with van der Waals surface area (Å²) in [5, 5.41) is 8.09. The van der Waals surface area contributed by atoms with Gasteiger partial charge in [0.05, 0.1) is 11.6 Å². The zero-order chi connectivity index (χ0) is 13.8. The molecule has 0 aromatic carbocycles. The molecular formula is C11H18FN5O. The van der Waals surface area contributed by atoms with Gasteiger partial charge in [0, 0.05) is 20.6 Å². The van der Waals surface area contributed by atoms with Gasteiger partial charge in [0.1, 0.15) is 0 Å². The molecule has 100 valence electrons. The van der Waals surface area contributed by atoms with Gasteiger partial charge in [0.25, 0.3) is 0 Å². The number of nitrogens with zero attached hydrogens (tertiary/aromatic N) is 2. The van der Waals surface area contributed by atoms with Crippen molar-refractivity contribution in [2.24, 2.45) is 5.41 Å². The van der Waals surface area contributed by atoms with Gasteiger partial charge >= 0.3 is 0 Å². The molecule has 1 aromatic heterocycles. The number of nitrogens with one attached hydrogen (secondary N) is 3. The molecule has 1 aromatic rings. The van der Waals surface area contributed by atoms with Crippen molar-refractivity contribution in [3.63, 3.8) is 0 Å². The summed E-state index contributed by atoms with van der Waals surface area (Å²) in [6, 6.07) is 0. The van der Waals surface area contributed by atoms with Crippen LogP contribution in [0.1, 0.15) is 13.8 Å². The SMILES string of the molecule is CNC(=O)C(C)(C)CNc1nc(NC)ncc1F. The molecule has 0 fully saturated rings. The third-order valence-corrected chi connectivity index (χ3v) is 2.51. The Morgan fingerprint density at radius 1 is 1.44 bits per heavy atom. The van der Waals surface area contributed by atoms with E-state index >= 15 is 0 Å². The lowest BCUT2D eigenvalue weighted by molar-refractivity contribution is -0.128. The fraction of sp³-hybridized carbons (Fsp3) is 0.545. The number of carbonyl (C=O) groups is 1. The molecule has 0 bridgehead atoms. The summed E-state index contributed by atoms with van der Waals surface area (Å²) >= 11 is 0. The Kier molecular flexibility index (Phi) is 4.41. The van der Waals surface area contributed by atoms with Gasteiger partial charge in [0.2, 0.25) is 11.9 Å². The van der Waals surface area contributed by atoms with Gasteiger partial charge in [-0.15, -0.1) is 0 Å². The van der Waals surface area contributed by atoms with E-state index in [2.05, 4.69) is 25.9 Å². The Morgan fingerprint density at radius 2 is 2.11 bits per heavy atom. The normalized spacial score (nSPS) is 10.9. The lowest BCUT2D eigenvalue weighted by Gasteiger charge is -2.23. The first kappa shape index (κ1) is 14.1. The lowest BCUT2D eigenvalue weighted by atomic mass is 9.92. The number of halogens is 1. The first-order chi connectivity index (χ1) is 8.40. The molecule has 0 aliphatic heterocycles. The van der Waals surface area contributed by atoms with Crippen LogP contribution in [0.15, 0.2) is 6.20 Å².